The lowest BCUT2D eigenvalue weighted by molar-refractivity contribution is -0.384. The van der Waals surface area contributed by atoms with Gasteiger partial charge in [-0.25, -0.2) is 9.18 Å². The van der Waals surface area contributed by atoms with Gasteiger partial charge >= 0.3 is 6.09 Å². The van der Waals surface area contributed by atoms with Crippen molar-refractivity contribution in [1.82, 2.24) is 0 Å². The Morgan fingerprint density at radius 1 is 1.45 bits per heavy atom. The summed E-state index contributed by atoms with van der Waals surface area (Å²) in [7, 11) is 1.49. The van der Waals surface area contributed by atoms with Crippen molar-refractivity contribution in [1.29, 1.82) is 0 Å². The van der Waals surface area contributed by atoms with E-state index in [-0.39, 0.29) is 24.0 Å². The first-order valence-electron chi connectivity index (χ1n) is 6.56. The Morgan fingerprint density at radius 2 is 2.14 bits per heavy atom. The van der Waals surface area contributed by atoms with Crippen molar-refractivity contribution in [3.05, 3.63) is 28.1 Å². The van der Waals surface area contributed by atoms with Crippen molar-refractivity contribution in [3.63, 3.8) is 0 Å². The number of nitro groups is 1. The largest absolute Gasteiger partial charge is 0.450 e. The zero-order valence-electron chi connectivity index (χ0n) is 12.5. The summed E-state index contributed by atoms with van der Waals surface area (Å²) in [6, 6.07) is 1.64. The van der Waals surface area contributed by atoms with Gasteiger partial charge in [0.05, 0.1) is 29.9 Å². The number of methoxy groups -OCH3 is 1. The molecule has 0 aliphatic heterocycles. The maximum atomic E-state index is 13.8. The fraction of sp³-hybridized carbons (Fsp3) is 0.462. The number of hydrogen-bond acceptors (Lipinski definition) is 6. The van der Waals surface area contributed by atoms with Crippen LogP contribution in [0.1, 0.15) is 13.8 Å². The Hall–Kier alpha value is -2.42. The Balaban J connectivity index is 3.10. The Kier molecular flexibility index (Phi) is 6.51. The van der Waals surface area contributed by atoms with Gasteiger partial charge in [-0.15, -0.1) is 0 Å². The molecule has 0 saturated heterocycles. The summed E-state index contributed by atoms with van der Waals surface area (Å²) in [4.78, 5) is 21.6. The number of nitro benzene ring substituents is 1. The van der Waals surface area contributed by atoms with E-state index in [2.05, 4.69) is 15.4 Å². The maximum Gasteiger partial charge on any atom is 0.411 e. The average Bonchev–Trinajstić information content (AvgIpc) is 2.42. The predicted molar refractivity (Wildman–Crippen MR) is 78.7 cm³/mol. The lowest BCUT2D eigenvalue weighted by Gasteiger charge is -2.15. The molecule has 0 bridgehead atoms. The molecule has 0 aliphatic carbocycles. The quantitative estimate of drug-likeness (QED) is 0.592. The highest BCUT2D eigenvalue weighted by Gasteiger charge is 2.21. The standard InChI is InChI=1S/C13H18FN3O5/c1-4-22-13(18)16-10-6-11(15-8(2)7-21-3)12(17(19)20)5-9(10)14/h5-6,8,15H,4,7H2,1-3H3,(H,16,18). The fourth-order valence-electron chi connectivity index (χ4n) is 1.76. The van der Waals surface area contributed by atoms with Crippen LogP contribution < -0.4 is 10.6 Å². The van der Waals surface area contributed by atoms with Crippen LogP contribution in [-0.2, 0) is 9.47 Å². The Bertz CT molecular complexity index is 553. The topological polar surface area (TPSA) is 103 Å². The van der Waals surface area contributed by atoms with Gasteiger partial charge in [0.25, 0.3) is 5.69 Å². The van der Waals surface area contributed by atoms with Crippen LogP contribution in [0.4, 0.5) is 26.2 Å². The Labute approximate surface area is 126 Å². The van der Waals surface area contributed by atoms with E-state index >= 15 is 0 Å². The fourth-order valence-corrected chi connectivity index (χ4v) is 1.76. The van der Waals surface area contributed by atoms with Crippen LogP contribution in [0.2, 0.25) is 0 Å². The molecule has 1 atom stereocenters. The van der Waals surface area contributed by atoms with Crippen molar-refractivity contribution in [2.24, 2.45) is 0 Å². The summed E-state index contributed by atoms with van der Waals surface area (Å²) >= 11 is 0. The predicted octanol–water partition coefficient (Wildman–Crippen LogP) is 2.75. The van der Waals surface area contributed by atoms with Gasteiger partial charge in [-0.2, -0.15) is 0 Å². The van der Waals surface area contributed by atoms with Crippen molar-refractivity contribution in [3.8, 4) is 0 Å². The molecule has 0 aromatic heterocycles. The first-order chi connectivity index (χ1) is 10.4. The zero-order valence-corrected chi connectivity index (χ0v) is 12.5. The van der Waals surface area contributed by atoms with Crippen LogP contribution in [0, 0.1) is 15.9 Å². The molecule has 0 fully saturated rings. The third kappa shape index (κ3) is 4.85. The van der Waals surface area contributed by atoms with E-state index in [0.29, 0.717) is 6.61 Å². The normalized spacial score (nSPS) is 11.6. The molecule has 1 aromatic rings. The monoisotopic (exact) mass is 315 g/mol. The maximum absolute atomic E-state index is 13.8. The molecule has 0 saturated carbocycles. The van der Waals surface area contributed by atoms with E-state index < -0.39 is 22.5 Å². The average molecular weight is 315 g/mol. The molecule has 0 radical (unpaired) electrons. The van der Waals surface area contributed by atoms with E-state index in [4.69, 9.17) is 4.74 Å². The van der Waals surface area contributed by atoms with Crippen molar-refractivity contribution in [2.45, 2.75) is 19.9 Å². The molecule has 1 amide bonds. The molecule has 9 heteroatoms. The minimum atomic E-state index is -0.926. The summed E-state index contributed by atoms with van der Waals surface area (Å²) < 4.78 is 23.4. The second-order valence-electron chi connectivity index (χ2n) is 4.45. The molecule has 0 heterocycles. The van der Waals surface area contributed by atoms with Crippen LogP contribution in [-0.4, -0.2) is 37.4 Å². The molecule has 0 spiro atoms. The van der Waals surface area contributed by atoms with Crippen LogP contribution in [0.15, 0.2) is 12.1 Å². The summed E-state index contributed by atoms with van der Waals surface area (Å²) in [6.07, 6.45) is -0.842. The third-order valence-corrected chi connectivity index (χ3v) is 2.61. The second kappa shape index (κ2) is 8.13. The Morgan fingerprint density at radius 3 is 2.68 bits per heavy atom. The van der Waals surface area contributed by atoms with Gasteiger partial charge in [0.2, 0.25) is 0 Å². The number of hydrogen-bond donors (Lipinski definition) is 2. The number of amides is 1. The van der Waals surface area contributed by atoms with Gasteiger partial charge in [-0.3, -0.25) is 15.4 Å². The molecule has 1 unspecified atom stereocenters. The van der Waals surface area contributed by atoms with Gasteiger partial charge in [0.1, 0.15) is 5.69 Å². The van der Waals surface area contributed by atoms with Crippen molar-refractivity contribution < 1.29 is 23.6 Å². The van der Waals surface area contributed by atoms with E-state index in [9.17, 15) is 19.3 Å². The van der Waals surface area contributed by atoms with E-state index in [1.165, 1.54) is 7.11 Å². The lowest BCUT2D eigenvalue weighted by Crippen LogP contribution is -2.22. The molecule has 122 valence electrons. The second-order valence-corrected chi connectivity index (χ2v) is 4.45. The molecular formula is C13H18FN3O5. The molecule has 1 aromatic carbocycles. The summed E-state index contributed by atoms with van der Waals surface area (Å²) in [6.45, 7) is 3.77. The first kappa shape index (κ1) is 17.6. The minimum Gasteiger partial charge on any atom is -0.450 e. The number of carbonyl (C=O) groups is 1. The third-order valence-electron chi connectivity index (χ3n) is 2.61. The number of anilines is 2. The number of rotatable bonds is 7. The van der Waals surface area contributed by atoms with Crippen LogP contribution >= 0.6 is 0 Å². The number of nitrogens with one attached hydrogen (secondary N) is 2. The van der Waals surface area contributed by atoms with E-state index in [1.807, 2.05) is 0 Å². The van der Waals surface area contributed by atoms with Crippen LogP contribution in [0.5, 0.6) is 0 Å². The molecule has 2 N–H and O–H groups in total. The molecule has 1 rings (SSSR count). The number of ether oxygens (including phenoxy) is 2. The SMILES string of the molecule is CCOC(=O)Nc1cc(NC(C)COC)c([N+](=O)[O-])cc1F. The van der Waals surface area contributed by atoms with Gasteiger partial charge in [-0.1, -0.05) is 0 Å². The highest BCUT2D eigenvalue weighted by Crippen LogP contribution is 2.31. The highest BCUT2D eigenvalue weighted by molar-refractivity contribution is 5.86. The van der Waals surface area contributed by atoms with Gasteiger partial charge in [0, 0.05) is 13.2 Å². The number of nitrogens with zero attached hydrogens (tertiary/aromatic N) is 1. The van der Waals surface area contributed by atoms with Crippen LogP contribution in [0.3, 0.4) is 0 Å². The smallest absolute Gasteiger partial charge is 0.411 e. The molecule has 8 nitrogen and oxygen atoms in total. The van der Waals surface area contributed by atoms with Crippen LogP contribution in [0.25, 0.3) is 0 Å². The summed E-state index contributed by atoms with van der Waals surface area (Å²) in [5.41, 5.74) is -0.575. The molecule has 22 heavy (non-hydrogen) atoms. The molecule has 0 aliphatic rings. The van der Waals surface area contributed by atoms with E-state index in [1.54, 1.807) is 13.8 Å². The van der Waals surface area contributed by atoms with E-state index in [0.717, 1.165) is 12.1 Å². The zero-order chi connectivity index (χ0) is 16.7. The van der Waals surface area contributed by atoms with Gasteiger partial charge in [-0.05, 0) is 19.9 Å². The number of benzene rings is 1. The summed E-state index contributed by atoms with van der Waals surface area (Å²) in [5.74, 6) is -0.926. The minimum absolute atomic E-state index is 0.0720. The number of carbonyl (C=O) groups excluding carboxylic acids is 1. The molecular weight excluding hydrogens is 297 g/mol. The number of halogens is 1. The first-order valence-corrected chi connectivity index (χ1v) is 6.56. The summed E-state index contributed by atoms with van der Waals surface area (Å²) in [5, 5.41) is 16.0. The van der Waals surface area contributed by atoms with Gasteiger partial charge in [0.15, 0.2) is 5.82 Å². The van der Waals surface area contributed by atoms with Crippen molar-refractivity contribution >= 4 is 23.2 Å². The van der Waals surface area contributed by atoms with Crippen molar-refractivity contribution in [2.75, 3.05) is 31.0 Å². The van der Waals surface area contributed by atoms with Gasteiger partial charge < -0.3 is 14.8 Å². The lowest BCUT2D eigenvalue weighted by atomic mass is 10.2. The highest BCUT2D eigenvalue weighted by atomic mass is 19.1.